The molecule has 3 aromatic rings. The van der Waals surface area contributed by atoms with E-state index < -0.39 is 0 Å². The molecule has 0 saturated carbocycles. The van der Waals surface area contributed by atoms with Gasteiger partial charge in [-0.2, -0.15) is 0 Å². The summed E-state index contributed by atoms with van der Waals surface area (Å²) in [6.07, 6.45) is 5.67. The number of hydrogen-bond donors (Lipinski definition) is 1. The number of piperazine rings is 1. The van der Waals surface area contributed by atoms with Crippen molar-refractivity contribution in [2.45, 2.75) is 26.3 Å². The Morgan fingerprint density at radius 1 is 0.964 bits per heavy atom. The number of benzene rings is 1. The smallest absolute Gasteiger partial charge is 0.165 e. The van der Waals surface area contributed by atoms with Gasteiger partial charge in [0.2, 0.25) is 0 Å². The highest BCUT2D eigenvalue weighted by molar-refractivity contribution is 5.82. The van der Waals surface area contributed by atoms with Gasteiger partial charge in [0.15, 0.2) is 11.5 Å². The number of aromatic nitrogens is 4. The topological polar surface area (TPSA) is 62.1 Å². The van der Waals surface area contributed by atoms with Crippen LogP contribution in [0.5, 0.6) is 0 Å². The minimum absolute atomic E-state index is 0.836. The number of nitrogens with one attached hydrogen (secondary N) is 1. The van der Waals surface area contributed by atoms with Crippen molar-refractivity contribution in [3.05, 3.63) is 43.0 Å². The summed E-state index contributed by atoms with van der Waals surface area (Å²) in [5, 5.41) is 3.34. The molecule has 1 saturated heterocycles. The van der Waals surface area contributed by atoms with Crippen LogP contribution in [-0.4, -0.2) is 63.7 Å². The monoisotopic (exact) mass is 379 g/mol. The van der Waals surface area contributed by atoms with Crippen LogP contribution in [0.4, 0.5) is 11.5 Å². The summed E-state index contributed by atoms with van der Waals surface area (Å²) in [5.74, 6) is 0.836. The van der Waals surface area contributed by atoms with Crippen LogP contribution in [0.15, 0.2) is 43.0 Å². The zero-order chi connectivity index (χ0) is 19.2. The lowest BCUT2D eigenvalue weighted by Crippen LogP contribution is -2.46. The summed E-state index contributed by atoms with van der Waals surface area (Å²) in [6, 6.07) is 10.7. The molecule has 0 radical (unpaired) electrons. The molecular weight excluding hydrogens is 350 g/mol. The lowest BCUT2D eigenvalue weighted by Gasteiger charge is -2.36. The van der Waals surface area contributed by atoms with Gasteiger partial charge in [0.05, 0.1) is 6.33 Å². The lowest BCUT2D eigenvalue weighted by molar-refractivity contribution is 0.251. The second-order valence-electron chi connectivity index (χ2n) is 7.28. The van der Waals surface area contributed by atoms with E-state index in [9.17, 15) is 0 Å². The Kier molecular flexibility index (Phi) is 6.01. The normalized spacial score (nSPS) is 15.2. The van der Waals surface area contributed by atoms with E-state index in [1.54, 1.807) is 6.33 Å². The first kappa shape index (κ1) is 18.7. The Morgan fingerprint density at radius 3 is 2.57 bits per heavy atom. The summed E-state index contributed by atoms with van der Waals surface area (Å²) >= 11 is 0. The number of nitrogens with zero attached hydrogens (tertiary/aromatic N) is 6. The third kappa shape index (κ3) is 4.25. The molecule has 1 aliphatic heterocycles. The van der Waals surface area contributed by atoms with Gasteiger partial charge in [0, 0.05) is 45.0 Å². The molecule has 0 amide bonds. The number of rotatable bonds is 8. The van der Waals surface area contributed by atoms with Crippen LogP contribution in [-0.2, 0) is 6.54 Å². The number of imidazole rings is 1. The standard InChI is InChI=1S/C21H29N7/c1-2-9-22-20-19-21(24-16-23-20)28(17-25-19)11-6-10-26-12-14-27(15-13-26)18-7-4-3-5-8-18/h3-5,7-8,16-17H,2,6,9-15H2,1H3,(H,22,23,24). The van der Waals surface area contributed by atoms with E-state index in [-0.39, 0.29) is 0 Å². The molecule has 7 nitrogen and oxygen atoms in total. The molecule has 7 heteroatoms. The maximum Gasteiger partial charge on any atom is 0.165 e. The second-order valence-corrected chi connectivity index (χ2v) is 7.28. The van der Waals surface area contributed by atoms with Crippen LogP contribution >= 0.6 is 0 Å². The molecule has 2 aromatic heterocycles. The fourth-order valence-corrected chi connectivity index (χ4v) is 3.75. The third-order valence-corrected chi connectivity index (χ3v) is 5.31. The Bertz CT molecular complexity index is 869. The van der Waals surface area contributed by atoms with Crippen molar-refractivity contribution in [2.24, 2.45) is 0 Å². The highest BCUT2D eigenvalue weighted by atomic mass is 15.3. The zero-order valence-electron chi connectivity index (χ0n) is 16.6. The number of para-hydroxylation sites is 1. The predicted molar refractivity (Wildman–Crippen MR) is 114 cm³/mol. The number of anilines is 2. The number of hydrogen-bond acceptors (Lipinski definition) is 6. The molecule has 0 spiro atoms. The maximum absolute atomic E-state index is 4.54. The minimum atomic E-state index is 0.836. The van der Waals surface area contributed by atoms with Gasteiger partial charge in [-0.25, -0.2) is 15.0 Å². The predicted octanol–water partition coefficient (Wildman–Crippen LogP) is 2.86. The van der Waals surface area contributed by atoms with Gasteiger partial charge >= 0.3 is 0 Å². The van der Waals surface area contributed by atoms with E-state index in [2.05, 4.69) is 71.9 Å². The lowest BCUT2D eigenvalue weighted by atomic mass is 10.2. The SMILES string of the molecule is CCCNc1ncnc2c1ncn2CCCN1CCN(c2ccccc2)CC1. The van der Waals surface area contributed by atoms with Gasteiger partial charge in [-0.05, 0) is 31.5 Å². The molecule has 1 aromatic carbocycles. The maximum atomic E-state index is 4.54. The Morgan fingerprint density at radius 2 is 1.79 bits per heavy atom. The van der Waals surface area contributed by atoms with Crippen molar-refractivity contribution < 1.29 is 0 Å². The van der Waals surface area contributed by atoms with E-state index >= 15 is 0 Å². The number of fused-ring (bicyclic) bond motifs is 1. The molecule has 3 heterocycles. The van der Waals surface area contributed by atoms with Gasteiger partial charge in [0.25, 0.3) is 0 Å². The van der Waals surface area contributed by atoms with Crippen molar-refractivity contribution in [1.29, 1.82) is 0 Å². The fraction of sp³-hybridized carbons (Fsp3) is 0.476. The zero-order valence-corrected chi connectivity index (χ0v) is 16.6. The Hall–Kier alpha value is -2.67. The van der Waals surface area contributed by atoms with Crippen LogP contribution in [0.25, 0.3) is 11.2 Å². The van der Waals surface area contributed by atoms with Gasteiger partial charge in [-0.3, -0.25) is 4.90 Å². The van der Waals surface area contributed by atoms with E-state index in [0.29, 0.717) is 0 Å². The van der Waals surface area contributed by atoms with Crippen LogP contribution in [0.2, 0.25) is 0 Å². The first-order valence-electron chi connectivity index (χ1n) is 10.3. The molecule has 0 aliphatic carbocycles. The average molecular weight is 380 g/mol. The summed E-state index contributed by atoms with van der Waals surface area (Å²) in [5.41, 5.74) is 3.12. The van der Waals surface area contributed by atoms with Gasteiger partial charge in [-0.15, -0.1) is 0 Å². The van der Waals surface area contributed by atoms with E-state index in [1.807, 2.05) is 6.33 Å². The molecule has 148 valence electrons. The third-order valence-electron chi connectivity index (χ3n) is 5.31. The quantitative estimate of drug-likeness (QED) is 0.649. The first-order valence-corrected chi connectivity index (χ1v) is 10.3. The van der Waals surface area contributed by atoms with Crippen LogP contribution in [0.1, 0.15) is 19.8 Å². The van der Waals surface area contributed by atoms with Crippen LogP contribution < -0.4 is 10.2 Å². The van der Waals surface area contributed by atoms with Crippen molar-refractivity contribution in [2.75, 3.05) is 49.5 Å². The number of aryl methyl sites for hydroxylation is 1. The summed E-state index contributed by atoms with van der Waals surface area (Å²) < 4.78 is 2.15. The summed E-state index contributed by atoms with van der Waals surface area (Å²) in [7, 11) is 0. The van der Waals surface area contributed by atoms with E-state index in [0.717, 1.165) is 75.6 Å². The fourth-order valence-electron chi connectivity index (χ4n) is 3.75. The van der Waals surface area contributed by atoms with Crippen molar-refractivity contribution in [3.63, 3.8) is 0 Å². The Labute approximate surface area is 166 Å². The summed E-state index contributed by atoms with van der Waals surface area (Å²) in [6.45, 7) is 9.50. The molecule has 1 N–H and O–H groups in total. The van der Waals surface area contributed by atoms with E-state index in [1.165, 1.54) is 5.69 Å². The van der Waals surface area contributed by atoms with Crippen LogP contribution in [0.3, 0.4) is 0 Å². The molecule has 0 bridgehead atoms. The Balaban J connectivity index is 1.28. The minimum Gasteiger partial charge on any atom is -0.369 e. The molecule has 28 heavy (non-hydrogen) atoms. The average Bonchev–Trinajstić information content (AvgIpc) is 3.17. The molecule has 4 rings (SSSR count). The molecule has 1 aliphatic rings. The molecular formula is C21H29N7. The van der Waals surface area contributed by atoms with Gasteiger partial charge < -0.3 is 14.8 Å². The van der Waals surface area contributed by atoms with Crippen molar-refractivity contribution >= 4 is 22.7 Å². The molecule has 0 atom stereocenters. The highest BCUT2D eigenvalue weighted by Gasteiger charge is 2.17. The largest absolute Gasteiger partial charge is 0.369 e. The van der Waals surface area contributed by atoms with E-state index in [4.69, 9.17) is 0 Å². The van der Waals surface area contributed by atoms with Gasteiger partial charge in [-0.1, -0.05) is 25.1 Å². The van der Waals surface area contributed by atoms with Crippen molar-refractivity contribution in [3.8, 4) is 0 Å². The van der Waals surface area contributed by atoms with Gasteiger partial charge in [0.1, 0.15) is 11.8 Å². The summed E-state index contributed by atoms with van der Waals surface area (Å²) in [4.78, 5) is 18.3. The molecule has 0 unspecified atom stereocenters. The van der Waals surface area contributed by atoms with Crippen LogP contribution in [0, 0.1) is 0 Å². The molecule has 1 fully saturated rings. The van der Waals surface area contributed by atoms with Crippen molar-refractivity contribution in [1.82, 2.24) is 24.4 Å². The highest BCUT2D eigenvalue weighted by Crippen LogP contribution is 2.18. The second kappa shape index (κ2) is 9.01. The first-order chi connectivity index (χ1) is 13.8.